The van der Waals surface area contributed by atoms with E-state index in [0.29, 0.717) is 22.3 Å². The third-order valence-corrected chi connectivity index (χ3v) is 6.83. The number of hydrogen-bond donors (Lipinski definition) is 3. The lowest BCUT2D eigenvalue weighted by Crippen LogP contribution is -2.39. The average molecular weight is 614 g/mol. The van der Waals surface area contributed by atoms with E-state index in [0.717, 1.165) is 20.1 Å². The number of nitrogens with zero attached hydrogens (tertiary/aromatic N) is 1. The number of hydrogen-bond acceptors (Lipinski definition) is 4. The van der Waals surface area contributed by atoms with Crippen molar-refractivity contribution in [1.29, 1.82) is 0 Å². The van der Waals surface area contributed by atoms with Crippen LogP contribution in [0.3, 0.4) is 0 Å². The lowest BCUT2D eigenvalue weighted by Gasteiger charge is -2.13. The highest BCUT2D eigenvalue weighted by Crippen LogP contribution is 2.25. The minimum atomic E-state index is -0.905. The molecule has 0 atom stereocenters. The molecule has 0 unspecified atom stereocenters. The molecular weight excluding hydrogens is 592 g/mol. The molecule has 0 spiro atoms. The van der Waals surface area contributed by atoms with Crippen LogP contribution in [0.4, 0.5) is 5.69 Å². The summed E-state index contributed by atoms with van der Waals surface area (Å²) in [5.41, 5.74) is 5.65. The number of benzene rings is 3. The fraction of sp³-hybridized carbons (Fsp3) is 0.115. The molecule has 36 heavy (non-hydrogen) atoms. The van der Waals surface area contributed by atoms with Gasteiger partial charge in [-0.15, -0.1) is 0 Å². The SMILES string of the molecule is COc1ccc(CNC(=O)C(=O)Nn2c(C(=O)Nc3ccc(Br)c(C)c3)cc3cc(Br)ccc32)cc1. The number of anilines is 1. The third-order valence-electron chi connectivity index (χ3n) is 5.44. The first-order chi connectivity index (χ1) is 17.2. The van der Waals surface area contributed by atoms with E-state index >= 15 is 0 Å². The summed E-state index contributed by atoms with van der Waals surface area (Å²) in [6, 6.07) is 19.6. The first-order valence-corrected chi connectivity index (χ1v) is 12.4. The molecule has 3 N–H and O–H groups in total. The van der Waals surface area contributed by atoms with Crippen LogP contribution in [0.1, 0.15) is 21.6 Å². The molecule has 0 aliphatic rings. The molecule has 4 rings (SSSR count). The van der Waals surface area contributed by atoms with Crippen LogP contribution in [-0.2, 0) is 16.1 Å². The zero-order chi connectivity index (χ0) is 25.8. The molecule has 3 amide bonds. The minimum absolute atomic E-state index is 0.159. The van der Waals surface area contributed by atoms with E-state index in [-0.39, 0.29) is 12.2 Å². The number of aromatic nitrogens is 1. The summed E-state index contributed by atoms with van der Waals surface area (Å²) in [6.45, 7) is 2.07. The van der Waals surface area contributed by atoms with Gasteiger partial charge < -0.3 is 15.4 Å². The van der Waals surface area contributed by atoms with Crippen LogP contribution in [0, 0.1) is 6.92 Å². The molecule has 0 fully saturated rings. The summed E-state index contributed by atoms with van der Waals surface area (Å²) in [7, 11) is 1.57. The first-order valence-electron chi connectivity index (χ1n) is 10.9. The van der Waals surface area contributed by atoms with Crippen molar-refractivity contribution in [3.8, 4) is 5.75 Å². The van der Waals surface area contributed by atoms with Crippen molar-refractivity contribution in [2.45, 2.75) is 13.5 Å². The molecule has 0 bridgehead atoms. The van der Waals surface area contributed by atoms with Crippen molar-refractivity contribution in [1.82, 2.24) is 9.99 Å². The number of methoxy groups -OCH3 is 1. The van der Waals surface area contributed by atoms with E-state index in [9.17, 15) is 14.4 Å². The van der Waals surface area contributed by atoms with Crippen LogP contribution < -0.4 is 20.8 Å². The maximum absolute atomic E-state index is 13.2. The van der Waals surface area contributed by atoms with Gasteiger partial charge in [-0.1, -0.05) is 44.0 Å². The topological polar surface area (TPSA) is 101 Å². The largest absolute Gasteiger partial charge is 0.497 e. The standard InChI is InChI=1S/C26H22Br2N4O4/c1-15-11-19(6-9-21(15)28)30-24(33)23-13-17-12-18(27)5-10-22(17)32(23)31-26(35)25(34)29-14-16-3-7-20(36-2)8-4-16/h3-13H,14H2,1-2H3,(H,29,34)(H,30,33)(H,31,35). The van der Waals surface area contributed by atoms with Gasteiger partial charge in [0.25, 0.3) is 5.91 Å². The van der Waals surface area contributed by atoms with Gasteiger partial charge in [-0.2, -0.15) is 0 Å². The molecular formula is C26H22Br2N4O4. The van der Waals surface area contributed by atoms with E-state index in [1.807, 2.05) is 25.1 Å². The number of rotatable bonds is 6. The van der Waals surface area contributed by atoms with Gasteiger partial charge in [-0.25, -0.2) is 4.68 Å². The Morgan fingerprint density at radius 2 is 1.67 bits per heavy atom. The molecule has 0 aliphatic carbocycles. The van der Waals surface area contributed by atoms with Gasteiger partial charge in [-0.3, -0.25) is 19.8 Å². The summed E-state index contributed by atoms with van der Waals surface area (Å²) < 4.78 is 8.17. The molecule has 8 nitrogen and oxygen atoms in total. The van der Waals surface area contributed by atoms with Gasteiger partial charge in [-0.05, 0) is 72.6 Å². The Labute approximate surface area is 224 Å². The molecule has 0 radical (unpaired) electrons. The number of carbonyl (C=O) groups is 3. The van der Waals surface area contributed by atoms with Crippen LogP contribution in [0.15, 0.2) is 75.7 Å². The zero-order valence-corrected chi connectivity index (χ0v) is 22.6. The predicted molar refractivity (Wildman–Crippen MR) is 146 cm³/mol. The average Bonchev–Trinajstić information content (AvgIpc) is 3.22. The molecule has 0 aliphatic heterocycles. The second-order valence-electron chi connectivity index (χ2n) is 7.96. The maximum Gasteiger partial charge on any atom is 0.328 e. The lowest BCUT2D eigenvalue weighted by molar-refractivity contribution is -0.136. The van der Waals surface area contributed by atoms with Crippen molar-refractivity contribution in [2.75, 3.05) is 17.9 Å². The molecule has 0 saturated heterocycles. The monoisotopic (exact) mass is 612 g/mol. The maximum atomic E-state index is 13.2. The molecule has 3 aromatic carbocycles. The number of ether oxygens (including phenoxy) is 1. The fourth-order valence-electron chi connectivity index (χ4n) is 3.55. The van der Waals surface area contributed by atoms with E-state index < -0.39 is 17.7 Å². The van der Waals surface area contributed by atoms with E-state index in [4.69, 9.17) is 4.74 Å². The predicted octanol–water partition coefficient (Wildman–Crippen LogP) is 5.12. The van der Waals surface area contributed by atoms with Crippen molar-refractivity contribution in [3.63, 3.8) is 0 Å². The van der Waals surface area contributed by atoms with Crippen LogP contribution in [0.5, 0.6) is 5.75 Å². The fourth-order valence-corrected chi connectivity index (χ4v) is 4.18. The van der Waals surface area contributed by atoms with Crippen molar-refractivity contribution in [2.24, 2.45) is 0 Å². The van der Waals surface area contributed by atoms with Crippen LogP contribution >= 0.6 is 31.9 Å². The lowest BCUT2D eigenvalue weighted by atomic mass is 10.2. The molecule has 1 heterocycles. The number of carbonyl (C=O) groups excluding carboxylic acids is 3. The normalized spacial score (nSPS) is 10.7. The summed E-state index contributed by atoms with van der Waals surface area (Å²) in [5.74, 6) is -1.49. The number of fused-ring (bicyclic) bond motifs is 1. The molecule has 10 heteroatoms. The van der Waals surface area contributed by atoms with Crippen LogP contribution in [0.2, 0.25) is 0 Å². The Morgan fingerprint density at radius 1 is 0.917 bits per heavy atom. The quantitative estimate of drug-likeness (QED) is 0.263. The molecule has 4 aromatic rings. The van der Waals surface area contributed by atoms with Crippen LogP contribution in [-0.4, -0.2) is 29.5 Å². The second-order valence-corrected chi connectivity index (χ2v) is 9.73. The van der Waals surface area contributed by atoms with Gasteiger partial charge in [0.05, 0.1) is 12.6 Å². The highest BCUT2D eigenvalue weighted by Gasteiger charge is 2.21. The Hall–Kier alpha value is -3.63. The number of halogens is 2. The van der Waals surface area contributed by atoms with Gasteiger partial charge >= 0.3 is 11.8 Å². The van der Waals surface area contributed by atoms with E-state index in [2.05, 4.69) is 47.9 Å². The van der Waals surface area contributed by atoms with Gasteiger partial charge in [0.1, 0.15) is 11.4 Å². The Kier molecular flexibility index (Phi) is 7.76. The zero-order valence-electron chi connectivity index (χ0n) is 19.4. The summed E-state index contributed by atoms with van der Waals surface area (Å²) in [5, 5.41) is 6.14. The van der Waals surface area contributed by atoms with Crippen molar-refractivity contribution < 1.29 is 19.1 Å². The number of amides is 3. The molecule has 1 aromatic heterocycles. The number of aryl methyl sites for hydroxylation is 1. The van der Waals surface area contributed by atoms with E-state index in [1.54, 1.807) is 55.6 Å². The van der Waals surface area contributed by atoms with Crippen molar-refractivity contribution in [3.05, 3.63) is 92.5 Å². The molecule has 184 valence electrons. The first kappa shape index (κ1) is 25.5. The Bertz CT molecular complexity index is 1470. The van der Waals surface area contributed by atoms with Gasteiger partial charge in [0.15, 0.2) is 0 Å². The van der Waals surface area contributed by atoms with Gasteiger partial charge in [0, 0.05) is 26.6 Å². The van der Waals surface area contributed by atoms with Crippen molar-refractivity contribution >= 4 is 66.2 Å². The van der Waals surface area contributed by atoms with Crippen LogP contribution in [0.25, 0.3) is 10.9 Å². The summed E-state index contributed by atoms with van der Waals surface area (Å²) >= 11 is 6.87. The molecule has 0 saturated carbocycles. The number of nitrogens with one attached hydrogen (secondary N) is 3. The minimum Gasteiger partial charge on any atom is -0.497 e. The third kappa shape index (κ3) is 5.77. The Balaban J connectivity index is 1.54. The van der Waals surface area contributed by atoms with E-state index in [1.165, 1.54) is 4.68 Å². The highest BCUT2D eigenvalue weighted by atomic mass is 79.9. The summed E-state index contributed by atoms with van der Waals surface area (Å²) in [4.78, 5) is 38.5. The van der Waals surface area contributed by atoms with Gasteiger partial charge in [0.2, 0.25) is 0 Å². The smallest absolute Gasteiger partial charge is 0.328 e. The Morgan fingerprint density at radius 3 is 2.36 bits per heavy atom. The summed E-state index contributed by atoms with van der Waals surface area (Å²) in [6.07, 6.45) is 0. The second kappa shape index (κ2) is 11.0. The highest BCUT2D eigenvalue weighted by molar-refractivity contribution is 9.10.